The number of halogens is 2. The fourth-order valence-corrected chi connectivity index (χ4v) is 4.53. The van der Waals surface area contributed by atoms with Crippen LogP contribution in [0.1, 0.15) is 11.1 Å². The number of benzene rings is 2. The standard InChI is InChI=1S/C21H19Cl2NO4S2/c1-26-8-7-24-20(25)18(30-21(24)29)11-13-9-16(23)19(17(10-13)27-2)28-12-14-5-3-4-6-15(14)22/h3-6,9-11H,7-8,12H2,1-2H3. The van der Waals surface area contributed by atoms with Gasteiger partial charge in [-0.25, -0.2) is 0 Å². The number of ether oxygens (including phenoxy) is 3. The fourth-order valence-electron chi connectivity index (χ4n) is 2.76. The zero-order valence-corrected chi connectivity index (χ0v) is 19.5. The number of carbonyl (C=O) groups excluding carboxylic acids is 1. The minimum Gasteiger partial charge on any atom is -0.493 e. The third-order valence-electron chi connectivity index (χ3n) is 4.27. The van der Waals surface area contributed by atoms with Crippen LogP contribution in [0.2, 0.25) is 10.0 Å². The maximum atomic E-state index is 12.6. The highest BCUT2D eigenvalue weighted by molar-refractivity contribution is 8.26. The highest BCUT2D eigenvalue weighted by Gasteiger charge is 2.31. The van der Waals surface area contributed by atoms with Gasteiger partial charge in [0.15, 0.2) is 11.5 Å². The van der Waals surface area contributed by atoms with Gasteiger partial charge in [-0.15, -0.1) is 0 Å². The number of carbonyl (C=O) groups is 1. The largest absolute Gasteiger partial charge is 0.493 e. The summed E-state index contributed by atoms with van der Waals surface area (Å²) >= 11 is 19.2. The van der Waals surface area contributed by atoms with Crippen molar-refractivity contribution < 1.29 is 19.0 Å². The van der Waals surface area contributed by atoms with Crippen LogP contribution in [0.4, 0.5) is 0 Å². The molecule has 3 rings (SSSR count). The molecule has 1 saturated heterocycles. The number of thioether (sulfide) groups is 1. The summed E-state index contributed by atoms with van der Waals surface area (Å²) in [6.45, 7) is 1.07. The van der Waals surface area contributed by atoms with E-state index in [1.165, 1.54) is 23.8 Å². The van der Waals surface area contributed by atoms with Gasteiger partial charge >= 0.3 is 0 Å². The molecule has 1 heterocycles. The number of nitrogens with zero attached hydrogens (tertiary/aromatic N) is 1. The maximum Gasteiger partial charge on any atom is 0.266 e. The summed E-state index contributed by atoms with van der Waals surface area (Å²) in [5, 5.41) is 0.974. The van der Waals surface area contributed by atoms with Crippen molar-refractivity contribution in [2.45, 2.75) is 6.61 Å². The third-order valence-corrected chi connectivity index (χ3v) is 6.30. The Kier molecular flexibility index (Phi) is 8.02. The molecule has 0 unspecified atom stereocenters. The molecule has 0 radical (unpaired) electrons. The highest BCUT2D eigenvalue weighted by atomic mass is 35.5. The van der Waals surface area contributed by atoms with Crippen LogP contribution in [-0.4, -0.2) is 42.5 Å². The van der Waals surface area contributed by atoms with Crippen molar-refractivity contribution in [3.05, 3.63) is 62.5 Å². The number of methoxy groups -OCH3 is 2. The number of thiocarbonyl (C=S) groups is 1. The smallest absolute Gasteiger partial charge is 0.266 e. The second-order valence-corrected chi connectivity index (χ2v) is 8.73. The van der Waals surface area contributed by atoms with E-state index in [0.29, 0.717) is 49.5 Å². The van der Waals surface area contributed by atoms with Crippen molar-refractivity contribution in [3.8, 4) is 11.5 Å². The zero-order chi connectivity index (χ0) is 21.7. The number of amides is 1. The van der Waals surface area contributed by atoms with E-state index in [4.69, 9.17) is 49.6 Å². The molecule has 0 atom stereocenters. The molecule has 0 spiro atoms. The Morgan fingerprint density at radius 2 is 1.93 bits per heavy atom. The van der Waals surface area contributed by atoms with E-state index in [2.05, 4.69) is 0 Å². The quantitative estimate of drug-likeness (QED) is 0.368. The predicted molar refractivity (Wildman–Crippen MR) is 126 cm³/mol. The first kappa shape index (κ1) is 22.9. The summed E-state index contributed by atoms with van der Waals surface area (Å²) in [7, 11) is 3.11. The highest BCUT2D eigenvalue weighted by Crippen LogP contribution is 2.39. The molecule has 0 N–H and O–H groups in total. The summed E-state index contributed by atoms with van der Waals surface area (Å²) in [4.78, 5) is 14.7. The second-order valence-electron chi connectivity index (χ2n) is 6.24. The first-order valence-electron chi connectivity index (χ1n) is 8.92. The van der Waals surface area contributed by atoms with Crippen LogP contribution in [-0.2, 0) is 16.1 Å². The molecule has 2 aromatic rings. The van der Waals surface area contributed by atoms with E-state index in [0.717, 1.165) is 5.56 Å². The lowest BCUT2D eigenvalue weighted by Gasteiger charge is -2.14. The van der Waals surface area contributed by atoms with E-state index < -0.39 is 0 Å². The molecule has 0 aromatic heterocycles. The molecule has 9 heteroatoms. The van der Waals surface area contributed by atoms with Crippen LogP contribution in [0.5, 0.6) is 11.5 Å². The van der Waals surface area contributed by atoms with Gasteiger partial charge in [0.05, 0.1) is 30.2 Å². The lowest BCUT2D eigenvalue weighted by Crippen LogP contribution is -2.31. The Hall–Kier alpha value is -1.77. The first-order valence-corrected chi connectivity index (χ1v) is 10.9. The zero-order valence-electron chi connectivity index (χ0n) is 16.3. The topological polar surface area (TPSA) is 48.0 Å². The van der Waals surface area contributed by atoms with Crippen molar-refractivity contribution in [2.24, 2.45) is 0 Å². The Balaban J connectivity index is 1.82. The summed E-state index contributed by atoms with van der Waals surface area (Å²) in [6.07, 6.45) is 1.73. The molecular weight excluding hydrogens is 465 g/mol. The third kappa shape index (κ3) is 5.28. The lowest BCUT2D eigenvalue weighted by molar-refractivity contribution is -0.122. The lowest BCUT2D eigenvalue weighted by atomic mass is 10.1. The molecule has 1 fully saturated rings. The van der Waals surface area contributed by atoms with Crippen LogP contribution in [0, 0.1) is 0 Å². The first-order chi connectivity index (χ1) is 14.4. The van der Waals surface area contributed by atoms with Gasteiger partial charge in [-0.3, -0.25) is 9.69 Å². The molecule has 1 amide bonds. The second kappa shape index (κ2) is 10.5. The average Bonchev–Trinajstić information content (AvgIpc) is 2.99. The van der Waals surface area contributed by atoms with Crippen molar-refractivity contribution in [2.75, 3.05) is 27.4 Å². The molecule has 2 aromatic carbocycles. The van der Waals surface area contributed by atoms with Gasteiger partial charge in [0.2, 0.25) is 0 Å². The van der Waals surface area contributed by atoms with E-state index in [-0.39, 0.29) is 12.5 Å². The van der Waals surface area contributed by atoms with Gasteiger partial charge in [0, 0.05) is 17.7 Å². The molecule has 1 aliphatic heterocycles. The van der Waals surface area contributed by atoms with Crippen LogP contribution in [0.15, 0.2) is 41.3 Å². The Bertz CT molecular complexity index is 997. The van der Waals surface area contributed by atoms with Gasteiger partial charge < -0.3 is 14.2 Å². The van der Waals surface area contributed by atoms with E-state index in [1.54, 1.807) is 31.4 Å². The van der Waals surface area contributed by atoms with E-state index in [9.17, 15) is 4.79 Å². The van der Waals surface area contributed by atoms with Gasteiger partial charge in [-0.1, -0.05) is 65.4 Å². The van der Waals surface area contributed by atoms with Crippen molar-refractivity contribution >= 4 is 63.5 Å². The molecular formula is C21H19Cl2NO4S2. The summed E-state index contributed by atoms with van der Waals surface area (Å²) in [5.41, 5.74) is 1.54. The van der Waals surface area contributed by atoms with Gasteiger partial charge in [-0.05, 0) is 29.8 Å². The average molecular weight is 484 g/mol. The van der Waals surface area contributed by atoms with E-state index in [1.807, 2.05) is 18.2 Å². The summed E-state index contributed by atoms with van der Waals surface area (Å²) in [6, 6.07) is 10.9. The Morgan fingerprint density at radius 3 is 2.63 bits per heavy atom. The van der Waals surface area contributed by atoms with Gasteiger partial charge in [-0.2, -0.15) is 0 Å². The van der Waals surface area contributed by atoms with Crippen LogP contribution in [0.25, 0.3) is 6.08 Å². The molecule has 0 aliphatic carbocycles. The van der Waals surface area contributed by atoms with E-state index >= 15 is 0 Å². The van der Waals surface area contributed by atoms with Crippen LogP contribution < -0.4 is 9.47 Å². The van der Waals surface area contributed by atoms with Crippen LogP contribution >= 0.6 is 47.2 Å². The van der Waals surface area contributed by atoms with Gasteiger partial charge in [0.1, 0.15) is 10.9 Å². The SMILES string of the molecule is COCCN1C(=O)C(=Cc2cc(Cl)c(OCc3ccccc3Cl)c(OC)c2)SC1=S. The number of hydrogen-bond acceptors (Lipinski definition) is 6. The molecule has 158 valence electrons. The van der Waals surface area contributed by atoms with Crippen LogP contribution in [0.3, 0.4) is 0 Å². The maximum absolute atomic E-state index is 12.6. The number of rotatable bonds is 8. The number of hydrogen-bond donors (Lipinski definition) is 0. The molecule has 0 saturated carbocycles. The molecule has 0 bridgehead atoms. The fraction of sp³-hybridized carbons (Fsp3) is 0.238. The minimum atomic E-state index is -0.156. The molecule has 1 aliphatic rings. The minimum absolute atomic E-state index is 0.156. The van der Waals surface area contributed by atoms with Gasteiger partial charge in [0.25, 0.3) is 5.91 Å². The monoisotopic (exact) mass is 483 g/mol. The molecule has 5 nitrogen and oxygen atoms in total. The van der Waals surface area contributed by atoms with Crippen molar-refractivity contribution in [1.82, 2.24) is 4.90 Å². The normalized spacial score (nSPS) is 15.2. The summed E-state index contributed by atoms with van der Waals surface area (Å²) < 4.78 is 16.9. The summed E-state index contributed by atoms with van der Waals surface area (Å²) in [5.74, 6) is 0.704. The predicted octanol–water partition coefficient (Wildman–Crippen LogP) is 5.43. The van der Waals surface area contributed by atoms with Crippen molar-refractivity contribution in [1.29, 1.82) is 0 Å². The molecule has 30 heavy (non-hydrogen) atoms. The Morgan fingerprint density at radius 1 is 1.17 bits per heavy atom. The van der Waals surface area contributed by atoms with Crippen molar-refractivity contribution in [3.63, 3.8) is 0 Å². The Labute approximate surface area is 194 Å².